The first-order valence-electron chi connectivity index (χ1n) is 12.4. The minimum atomic E-state index is -0.984. The molecule has 0 saturated heterocycles. The Morgan fingerprint density at radius 1 is 0.941 bits per heavy atom. The third-order valence-electron chi connectivity index (χ3n) is 8.48. The van der Waals surface area contributed by atoms with Gasteiger partial charge in [-0.3, -0.25) is 0 Å². The van der Waals surface area contributed by atoms with Gasteiger partial charge in [0.05, 0.1) is 5.56 Å². The van der Waals surface area contributed by atoms with Gasteiger partial charge in [-0.05, 0) is 109 Å². The largest absolute Gasteiger partial charge is 0.508 e. The molecule has 4 aliphatic rings. The molecule has 0 spiro atoms. The van der Waals surface area contributed by atoms with Gasteiger partial charge in [0.15, 0.2) is 0 Å². The van der Waals surface area contributed by atoms with E-state index in [1.165, 1.54) is 38.5 Å². The van der Waals surface area contributed by atoms with E-state index in [2.05, 4.69) is 12.1 Å². The van der Waals surface area contributed by atoms with Gasteiger partial charge in [0.1, 0.15) is 18.1 Å². The van der Waals surface area contributed by atoms with Gasteiger partial charge in [0, 0.05) is 17.5 Å². The summed E-state index contributed by atoms with van der Waals surface area (Å²) in [5, 5.41) is 22.1. The molecule has 0 radical (unpaired) electrons. The molecule has 5 nitrogen and oxygen atoms in total. The number of hydrogen-bond donors (Lipinski definition) is 3. The van der Waals surface area contributed by atoms with Gasteiger partial charge in [-0.1, -0.05) is 18.2 Å². The first-order valence-corrected chi connectivity index (χ1v) is 12.4. The fraction of sp³-hybridized carbons (Fsp3) is 0.414. The van der Waals surface area contributed by atoms with Crippen LogP contribution in [0.3, 0.4) is 0 Å². The van der Waals surface area contributed by atoms with Gasteiger partial charge in [-0.2, -0.15) is 0 Å². The van der Waals surface area contributed by atoms with Crippen LogP contribution < -0.4 is 10.5 Å². The van der Waals surface area contributed by atoms with Crippen molar-refractivity contribution in [2.75, 3.05) is 13.2 Å². The fourth-order valence-corrected chi connectivity index (χ4v) is 7.50. The molecule has 4 N–H and O–H groups in total. The van der Waals surface area contributed by atoms with E-state index in [9.17, 15) is 15.0 Å². The van der Waals surface area contributed by atoms with Crippen molar-refractivity contribution >= 4 is 16.7 Å². The molecule has 0 atom stereocenters. The van der Waals surface area contributed by atoms with Crippen molar-refractivity contribution < 1.29 is 19.7 Å². The highest BCUT2D eigenvalue weighted by Crippen LogP contribution is 2.62. The van der Waals surface area contributed by atoms with Crippen LogP contribution in [0.1, 0.15) is 54.4 Å². The molecule has 0 heterocycles. The molecule has 0 amide bonds. The van der Waals surface area contributed by atoms with Crippen LogP contribution in [0.5, 0.6) is 11.5 Å². The molecule has 0 unspecified atom stereocenters. The lowest BCUT2D eigenvalue weighted by molar-refractivity contribution is -0.00611. The Balaban J connectivity index is 1.43. The molecular formula is C29H31NO4. The molecule has 3 aromatic rings. The highest BCUT2D eigenvalue weighted by atomic mass is 16.5. The van der Waals surface area contributed by atoms with E-state index < -0.39 is 5.97 Å². The standard InChI is InChI=1S/C29H31NO4/c30-5-6-34-27-13-23(28(32)33)10-22-2-1-20(11-24(22)27)21-3-4-26(31)25(12-21)29-14-17-7-18(15-29)9-19(8-17)16-29/h1-4,10-13,17-19,31H,5-9,14-16,30H2,(H,32,33). The summed E-state index contributed by atoms with van der Waals surface area (Å²) in [5.74, 6) is 2.39. The quantitative estimate of drug-likeness (QED) is 0.440. The van der Waals surface area contributed by atoms with E-state index in [0.29, 0.717) is 24.7 Å². The Kier molecular flexibility index (Phi) is 5.07. The molecule has 34 heavy (non-hydrogen) atoms. The van der Waals surface area contributed by atoms with Crippen molar-refractivity contribution in [3.8, 4) is 22.6 Å². The van der Waals surface area contributed by atoms with Crippen LogP contribution in [0.4, 0.5) is 0 Å². The number of benzene rings is 3. The number of nitrogens with two attached hydrogens (primary N) is 1. The molecule has 4 aliphatic carbocycles. The van der Waals surface area contributed by atoms with E-state index >= 15 is 0 Å². The normalized spacial score (nSPS) is 27.3. The van der Waals surface area contributed by atoms with Crippen LogP contribution in [-0.4, -0.2) is 29.3 Å². The van der Waals surface area contributed by atoms with Crippen molar-refractivity contribution in [1.82, 2.24) is 0 Å². The second-order valence-corrected chi connectivity index (χ2v) is 10.8. The summed E-state index contributed by atoms with van der Waals surface area (Å²) < 4.78 is 5.83. The third-order valence-corrected chi connectivity index (χ3v) is 8.48. The molecule has 4 saturated carbocycles. The minimum Gasteiger partial charge on any atom is -0.508 e. The number of rotatable bonds is 6. The van der Waals surface area contributed by atoms with Crippen molar-refractivity contribution in [1.29, 1.82) is 0 Å². The first-order chi connectivity index (χ1) is 16.4. The van der Waals surface area contributed by atoms with Crippen LogP contribution in [-0.2, 0) is 5.41 Å². The van der Waals surface area contributed by atoms with Gasteiger partial charge < -0.3 is 20.7 Å². The van der Waals surface area contributed by atoms with Crippen LogP contribution in [0.25, 0.3) is 21.9 Å². The predicted octanol–water partition coefficient (Wildman–Crippen LogP) is 5.72. The highest BCUT2D eigenvalue weighted by molar-refractivity contribution is 5.99. The van der Waals surface area contributed by atoms with Crippen LogP contribution >= 0.6 is 0 Å². The number of fused-ring (bicyclic) bond motifs is 1. The molecule has 0 aromatic heterocycles. The van der Waals surface area contributed by atoms with Crippen molar-refractivity contribution in [3.63, 3.8) is 0 Å². The van der Waals surface area contributed by atoms with Crippen molar-refractivity contribution in [2.45, 2.75) is 43.9 Å². The SMILES string of the molecule is NCCOc1cc(C(=O)O)cc2ccc(-c3ccc(O)c(C45CC6CC(CC(C6)C4)C5)c3)cc12. The summed E-state index contributed by atoms with van der Waals surface area (Å²) >= 11 is 0. The van der Waals surface area contributed by atoms with Crippen LogP contribution in [0, 0.1) is 17.8 Å². The fourth-order valence-electron chi connectivity index (χ4n) is 7.50. The van der Waals surface area contributed by atoms with E-state index in [1.807, 2.05) is 24.3 Å². The molecule has 4 bridgehead atoms. The summed E-state index contributed by atoms with van der Waals surface area (Å²) in [5.41, 5.74) is 9.14. The second-order valence-electron chi connectivity index (χ2n) is 10.8. The van der Waals surface area contributed by atoms with Crippen molar-refractivity contribution in [2.24, 2.45) is 23.5 Å². The molecule has 4 fully saturated rings. The Bertz CT molecular complexity index is 1250. The van der Waals surface area contributed by atoms with E-state index in [0.717, 1.165) is 45.2 Å². The monoisotopic (exact) mass is 457 g/mol. The Morgan fingerprint density at radius 2 is 1.59 bits per heavy atom. The third kappa shape index (κ3) is 3.54. The number of phenols is 1. The van der Waals surface area contributed by atoms with Gasteiger partial charge in [0.25, 0.3) is 0 Å². The average Bonchev–Trinajstić information content (AvgIpc) is 2.81. The summed E-state index contributed by atoms with van der Waals surface area (Å²) in [6.45, 7) is 0.669. The van der Waals surface area contributed by atoms with Crippen LogP contribution in [0.2, 0.25) is 0 Å². The molecular weight excluding hydrogens is 426 g/mol. The molecule has 3 aromatic carbocycles. The highest BCUT2D eigenvalue weighted by Gasteiger charge is 2.52. The number of carboxylic acid groups (broad SMARTS) is 1. The Labute approximate surface area is 199 Å². The maximum absolute atomic E-state index is 11.6. The predicted molar refractivity (Wildman–Crippen MR) is 132 cm³/mol. The van der Waals surface area contributed by atoms with E-state index in [4.69, 9.17) is 10.5 Å². The van der Waals surface area contributed by atoms with Crippen LogP contribution in [0.15, 0.2) is 48.5 Å². The number of hydrogen-bond acceptors (Lipinski definition) is 4. The first kappa shape index (κ1) is 21.5. The summed E-state index contributed by atoms with van der Waals surface area (Å²) in [6, 6.07) is 15.3. The lowest BCUT2D eigenvalue weighted by Crippen LogP contribution is -2.48. The maximum Gasteiger partial charge on any atom is 0.335 e. The second kappa shape index (κ2) is 8.02. The van der Waals surface area contributed by atoms with Gasteiger partial charge in [-0.15, -0.1) is 0 Å². The lowest BCUT2D eigenvalue weighted by Gasteiger charge is -2.57. The zero-order chi connectivity index (χ0) is 23.4. The van der Waals surface area contributed by atoms with E-state index in [1.54, 1.807) is 12.1 Å². The van der Waals surface area contributed by atoms with Gasteiger partial charge in [-0.25, -0.2) is 4.79 Å². The number of carboxylic acids is 1. The van der Waals surface area contributed by atoms with Gasteiger partial charge in [0.2, 0.25) is 0 Å². The average molecular weight is 458 g/mol. The lowest BCUT2D eigenvalue weighted by atomic mass is 9.48. The molecule has 7 rings (SSSR count). The molecule has 176 valence electrons. The summed E-state index contributed by atoms with van der Waals surface area (Å²) in [7, 11) is 0. The summed E-state index contributed by atoms with van der Waals surface area (Å²) in [6.07, 6.45) is 7.70. The number of aromatic carboxylic acids is 1. The number of phenolic OH excluding ortho intramolecular Hbond substituents is 1. The zero-order valence-electron chi connectivity index (χ0n) is 19.3. The topological polar surface area (TPSA) is 92.8 Å². The van der Waals surface area contributed by atoms with E-state index in [-0.39, 0.29) is 11.0 Å². The minimum absolute atomic E-state index is 0.109. The number of aromatic hydroxyl groups is 1. The smallest absolute Gasteiger partial charge is 0.335 e. The molecule has 5 heteroatoms. The van der Waals surface area contributed by atoms with Crippen molar-refractivity contribution in [3.05, 3.63) is 59.7 Å². The summed E-state index contributed by atoms with van der Waals surface area (Å²) in [4.78, 5) is 11.6. The Morgan fingerprint density at radius 3 is 2.24 bits per heavy atom. The number of ether oxygens (including phenoxy) is 1. The number of carbonyl (C=O) groups is 1. The molecule has 0 aliphatic heterocycles. The zero-order valence-corrected chi connectivity index (χ0v) is 19.3. The maximum atomic E-state index is 11.6. The Hall–Kier alpha value is -3.05. The van der Waals surface area contributed by atoms with Gasteiger partial charge >= 0.3 is 5.97 Å².